The number of hydrogen-bond acceptors (Lipinski definition) is 5. The molecule has 7 heteroatoms. The maximum atomic E-state index is 11.7. The Labute approximate surface area is 125 Å². The van der Waals surface area contributed by atoms with Crippen LogP contribution in [0.5, 0.6) is 0 Å². The zero-order valence-electron chi connectivity index (χ0n) is 11.3. The molecule has 1 N–H and O–H groups in total. The van der Waals surface area contributed by atoms with Crippen LogP contribution in [0.4, 0.5) is 10.5 Å². The zero-order chi connectivity index (χ0) is 15.2. The monoisotopic (exact) mass is 306 g/mol. The van der Waals surface area contributed by atoms with Gasteiger partial charge in [-0.2, -0.15) is 0 Å². The summed E-state index contributed by atoms with van der Waals surface area (Å²) >= 11 is 1.56. The first kappa shape index (κ1) is 15.0. The number of thiophene rings is 1. The first-order valence-corrected chi connectivity index (χ1v) is 7.14. The highest BCUT2D eigenvalue weighted by atomic mass is 32.1. The molecule has 2 rings (SSSR count). The molecule has 21 heavy (non-hydrogen) atoms. The van der Waals surface area contributed by atoms with E-state index < -0.39 is 11.0 Å². The van der Waals surface area contributed by atoms with Crippen molar-refractivity contribution in [2.75, 3.05) is 0 Å². The Hall–Kier alpha value is -2.41. The average Bonchev–Trinajstić information content (AvgIpc) is 3.00. The Bertz CT molecular complexity index is 610. The quantitative estimate of drug-likeness (QED) is 0.675. The van der Waals surface area contributed by atoms with Gasteiger partial charge in [0.05, 0.1) is 11.0 Å². The Kier molecular flexibility index (Phi) is 4.89. The summed E-state index contributed by atoms with van der Waals surface area (Å²) in [7, 11) is 0. The number of hydrogen-bond donors (Lipinski definition) is 1. The maximum absolute atomic E-state index is 11.7. The molecule has 1 aromatic heterocycles. The summed E-state index contributed by atoms with van der Waals surface area (Å²) in [5.41, 5.74) is 0.703. The highest BCUT2D eigenvalue weighted by Gasteiger charge is 2.11. The molecule has 0 aliphatic heterocycles. The van der Waals surface area contributed by atoms with Gasteiger partial charge in [0.1, 0.15) is 6.61 Å². The average molecular weight is 306 g/mol. The van der Waals surface area contributed by atoms with Crippen molar-refractivity contribution in [3.05, 3.63) is 62.3 Å². The van der Waals surface area contributed by atoms with E-state index in [-0.39, 0.29) is 18.3 Å². The van der Waals surface area contributed by atoms with Crippen LogP contribution in [0.1, 0.15) is 23.4 Å². The molecule has 0 saturated heterocycles. The normalized spacial score (nSPS) is 11.7. The number of nitro groups is 1. The van der Waals surface area contributed by atoms with Crippen molar-refractivity contribution < 1.29 is 14.5 Å². The maximum Gasteiger partial charge on any atom is 0.407 e. The number of carbonyl (C=O) groups is 1. The third-order valence-electron chi connectivity index (χ3n) is 2.82. The third-order valence-corrected chi connectivity index (χ3v) is 3.88. The summed E-state index contributed by atoms with van der Waals surface area (Å²) in [6.07, 6.45) is -0.519. The summed E-state index contributed by atoms with van der Waals surface area (Å²) in [6.45, 7) is 1.94. The van der Waals surface area contributed by atoms with Gasteiger partial charge in [0, 0.05) is 17.0 Å². The minimum atomic E-state index is -0.519. The predicted octanol–water partition coefficient (Wildman–Crippen LogP) is 3.64. The van der Waals surface area contributed by atoms with Crippen LogP contribution in [0.2, 0.25) is 0 Å². The largest absolute Gasteiger partial charge is 0.445 e. The fourth-order valence-corrected chi connectivity index (χ4v) is 2.42. The van der Waals surface area contributed by atoms with Gasteiger partial charge in [-0.25, -0.2) is 4.79 Å². The molecule has 1 aromatic carbocycles. The molecule has 1 amide bonds. The number of ether oxygens (including phenoxy) is 1. The summed E-state index contributed by atoms with van der Waals surface area (Å²) in [6, 6.07) is 9.62. The van der Waals surface area contributed by atoms with Gasteiger partial charge in [-0.3, -0.25) is 10.1 Å². The second kappa shape index (κ2) is 6.85. The number of benzene rings is 1. The number of alkyl carbamates (subject to hydrolysis) is 1. The van der Waals surface area contributed by atoms with E-state index in [1.165, 1.54) is 12.1 Å². The van der Waals surface area contributed by atoms with Crippen LogP contribution >= 0.6 is 11.3 Å². The fraction of sp³-hybridized carbons (Fsp3) is 0.214. The van der Waals surface area contributed by atoms with Crippen LogP contribution in [-0.4, -0.2) is 11.0 Å². The minimum Gasteiger partial charge on any atom is -0.445 e. The first-order valence-electron chi connectivity index (χ1n) is 6.26. The molecule has 2 aromatic rings. The van der Waals surface area contributed by atoms with E-state index in [4.69, 9.17) is 4.74 Å². The molecule has 0 radical (unpaired) electrons. The van der Waals surface area contributed by atoms with Crippen molar-refractivity contribution in [2.24, 2.45) is 0 Å². The van der Waals surface area contributed by atoms with Crippen LogP contribution in [0.3, 0.4) is 0 Å². The summed E-state index contributed by atoms with van der Waals surface area (Å²) in [4.78, 5) is 22.8. The Morgan fingerprint density at radius 3 is 2.67 bits per heavy atom. The molecule has 0 bridgehead atoms. The lowest BCUT2D eigenvalue weighted by Gasteiger charge is -2.12. The molecule has 0 aliphatic carbocycles. The lowest BCUT2D eigenvalue weighted by atomic mass is 10.2. The number of nitrogens with one attached hydrogen (secondary N) is 1. The molecule has 1 atom stereocenters. The van der Waals surface area contributed by atoms with Crippen molar-refractivity contribution in [3.8, 4) is 0 Å². The number of nitro benzene ring substituents is 1. The van der Waals surface area contributed by atoms with E-state index in [2.05, 4.69) is 5.32 Å². The lowest BCUT2D eigenvalue weighted by Crippen LogP contribution is -2.26. The van der Waals surface area contributed by atoms with Gasteiger partial charge in [0.2, 0.25) is 0 Å². The van der Waals surface area contributed by atoms with E-state index in [1.54, 1.807) is 23.5 Å². The molecular formula is C14H14N2O4S. The van der Waals surface area contributed by atoms with E-state index in [9.17, 15) is 14.9 Å². The molecule has 110 valence electrons. The number of amides is 1. The second-order valence-corrected chi connectivity index (χ2v) is 5.36. The highest BCUT2D eigenvalue weighted by molar-refractivity contribution is 7.10. The summed E-state index contributed by atoms with van der Waals surface area (Å²) in [5.74, 6) is 0. The number of carbonyl (C=O) groups excluding carboxylic acids is 1. The molecule has 1 unspecified atom stereocenters. The molecule has 0 spiro atoms. The standard InChI is InChI=1S/C14H14N2O4S/c1-10(13-3-2-8-21-13)15-14(17)20-9-11-4-6-12(7-5-11)16(18)19/h2-8,10H,9H2,1H3,(H,15,17). The number of non-ortho nitro benzene ring substituents is 1. The van der Waals surface area contributed by atoms with Gasteiger partial charge < -0.3 is 10.1 Å². The van der Waals surface area contributed by atoms with Gasteiger partial charge in [-0.15, -0.1) is 11.3 Å². The van der Waals surface area contributed by atoms with Crippen LogP contribution in [-0.2, 0) is 11.3 Å². The Morgan fingerprint density at radius 1 is 1.38 bits per heavy atom. The van der Waals surface area contributed by atoms with Gasteiger partial charge in [0.25, 0.3) is 5.69 Å². The van der Waals surface area contributed by atoms with E-state index in [1.807, 2.05) is 24.4 Å². The van der Waals surface area contributed by atoms with E-state index >= 15 is 0 Å². The van der Waals surface area contributed by atoms with Crippen molar-refractivity contribution in [1.29, 1.82) is 0 Å². The molecular weight excluding hydrogens is 292 g/mol. The number of nitrogens with zero attached hydrogens (tertiary/aromatic N) is 1. The smallest absolute Gasteiger partial charge is 0.407 e. The van der Waals surface area contributed by atoms with Gasteiger partial charge in [-0.1, -0.05) is 6.07 Å². The highest BCUT2D eigenvalue weighted by Crippen LogP contribution is 2.18. The molecule has 0 aliphatic rings. The van der Waals surface area contributed by atoms with Crippen molar-refractivity contribution >= 4 is 23.1 Å². The summed E-state index contributed by atoms with van der Waals surface area (Å²) in [5, 5.41) is 15.2. The lowest BCUT2D eigenvalue weighted by molar-refractivity contribution is -0.384. The van der Waals surface area contributed by atoms with Crippen LogP contribution < -0.4 is 5.32 Å². The molecule has 0 saturated carbocycles. The summed E-state index contributed by atoms with van der Waals surface area (Å²) < 4.78 is 5.08. The Balaban J connectivity index is 1.82. The van der Waals surface area contributed by atoms with Crippen molar-refractivity contribution in [1.82, 2.24) is 5.32 Å². The minimum absolute atomic E-state index is 0.00881. The van der Waals surface area contributed by atoms with E-state index in [0.717, 1.165) is 4.88 Å². The van der Waals surface area contributed by atoms with Crippen molar-refractivity contribution in [2.45, 2.75) is 19.6 Å². The van der Waals surface area contributed by atoms with Crippen LogP contribution in [0, 0.1) is 10.1 Å². The fourth-order valence-electron chi connectivity index (χ4n) is 1.69. The SMILES string of the molecule is CC(NC(=O)OCc1ccc([N+](=O)[O-])cc1)c1cccs1. The van der Waals surface area contributed by atoms with Gasteiger partial charge in [-0.05, 0) is 36.1 Å². The molecule has 6 nitrogen and oxygen atoms in total. The van der Waals surface area contributed by atoms with Crippen LogP contribution in [0.25, 0.3) is 0 Å². The zero-order valence-corrected chi connectivity index (χ0v) is 12.1. The molecule has 1 heterocycles. The number of rotatable bonds is 5. The first-order chi connectivity index (χ1) is 10.1. The predicted molar refractivity (Wildman–Crippen MR) is 79.2 cm³/mol. The van der Waals surface area contributed by atoms with Gasteiger partial charge in [0.15, 0.2) is 0 Å². The molecule has 0 fully saturated rings. The van der Waals surface area contributed by atoms with Crippen molar-refractivity contribution in [3.63, 3.8) is 0 Å². The van der Waals surface area contributed by atoms with E-state index in [0.29, 0.717) is 5.56 Å². The third kappa shape index (κ3) is 4.28. The van der Waals surface area contributed by atoms with Gasteiger partial charge >= 0.3 is 6.09 Å². The topological polar surface area (TPSA) is 81.5 Å². The van der Waals surface area contributed by atoms with Crippen LogP contribution in [0.15, 0.2) is 41.8 Å². The Morgan fingerprint density at radius 2 is 2.10 bits per heavy atom. The second-order valence-electron chi connectivity index (χ2n) is 4.38.